The normalized spacial score (nSPS) is 13.6. The molecular weight excluding hydrogens is 320 g/mol. The van der Waals surface area contributed by atoms with Crippen molar-refractivity contribution >= 4 is 33.2 Å². The van der Waals surface area contributed by atoms with Crippen molar-refractivity contribution in [2.24, 2.45) is 0 Å². The standard InChI is InChI=1S/C14H9BrN4O/c15-12-7-19-13(17-12)4-3-11(18-19)8-1-2-10-9(5-8)6-14(20)16-10/h1-5,7H,6H2,(H,16,20). The van der Waals surface area contributed by atoms with Crippen molar-refractivity contribution in [2.45, 2.75) is 6.42 Å². The average Bonchev–Trinajstić information content (AvgIpc) is 2.97. The fourth-order valence-corrected chi connectivity index (χ4v) is 2.77. The summed E-state index contributed by atoms with van der Waals surface area (Å²) in [7, 11) is 0. The zero-order chi connectivity index (χ0) is 13.7. The molecule has 0 bridgehead atoms. The molecule has 1 N–H and O–H groups in total. The molecule has 0 fully saturated rings. The van der Waals surface area contributed by atoms with Gasteiger partial charge < -0.3 is 5.32 Å². The lowest BCUT2D eigenvalue weighted by Crippen LogP contribution is -2.03. The summed E-state index contributed by atoms with van der Waals surface area (Å²) < 4.78 is 2.49. The first-order valence-corrected chi connectivity index (χ1v) is 6.93. The number of hydrogen-bond acceptors (Lipinski definition) is 3. The van der Waals surface area contributed by atoms with Gasteiger partial charge in [0.1, 0.15) is 4.60 Å². The summed E-state index contributed by atoms with van der Waals surface area (Å²) in [6.45, 7) is 0. The van der Waals surface area contributed by atoms with Gasteiger partial charge in [0.05, 0.1) is 18.3 Å². The Kier molecular flexibility index (Phi) is 2.40. The van der Waals surface area contributed by atoms with Crippen LogP contribution in [0.15, 0.2) is 41.1 Å². The number of carbonyl (C=O) groups excluding carboxylic acids is 1. The van der Waals surface area contributed by atoms with Crippen molar-refractivity contribution in [2.75, 3.05) is 5.32 Å². The van der Waals surface area contributed by atoms with E-state index in [0.717, 1.165) is 32.8 Å². The van der Waals surface area contributed by atoms with E-state index >= 15 is 0 Å². The minimum Gasteiger partial charge on any atom is -0.326 e. The molecule has 0 aliphatic carbocycles. The fraction of sp³-hybridized carbons (Fsp3) is 0.0714. The van der Waals surface area contributed by atoms with Crippen LogP contribution in [-0.2, 0) is 11.2 Å². The smallest absolute Gasteiger partial charge is 0.228 e. The number of nitrogens with zero attached hydrogens (tertiary/aromatic N) is 3. The Morgan fingerprint density at radius 2 is 2.15 bits per heavy atom. The van der Waals surface area contributed by atoms with Gasteiger partial charge >= 0.3 is 0 Å². The van der Waals surface area contributed by atoms with Crippen LogP contribution >= 0.6 is 15.9 Å². The van der Waals surface area contributed by atoms with E-state index in [2.05, 4.69) is 31.3 Å². The average molecular weight is 329 g/mol. The molecule has 0 unspecified atom stereocenters. The van der Waals surface area contributed by atoms with E-state index in [0.29, 0.717) is 6.42 Å². The predicted octanol–water partition coefficient (Wildman–Crippen LogP) is 2.65. The van der Waals surface area contributed by atoms with Crippen LogP contribution in [0.5, 0.6) is 0 Å². The lowest BCUT2D eigenvalue weighted by molar-refractivity contribution is -0.115. The third-order valence-corrected chi connectivity index (χ3v) is 3.70. The van der Waals surface area contributed by atoms with Crippen LogP contribution in [0, 0.1) is 0 Å². The van der Waals surface area contributed by atoms with Gasteiger partial charge in [-0.2, -0.15) is 5.10 Å². The van der Waals surface area contributed by atoms with Gasteiger partial charge in [0.25, 0.3) is 0 Å². The van der Waals surface area contributed by atoms with Crippen LogP contribution in [0.2, 0.25) is 0 Å². The second-order valence-corrected chi connectivity index (χ2v) is 5.49. The Bertz CT molecular complexity index is 856. The Hall–Kier alpha value is -2.21. The summed E-state index contributed by atoms with van der Waals surface area (Å²) in [5, 5.41) is 7.36. The third kappa shape index (κ3) is 1.80. The molecule has 20 heavy (non-hydrogen) atoms. The van der Waals surface area contributed by atoms with E-state index in [1.807, 2.05) is 36.5 Å². The molecule has 0 radical (unpaired) electrons. The van der Waals surface area contributed by atoms with E-state index in [1.54, 1.807) is 4.52 Å². The van der Waals surface area contributed by atoms with Crippen LogP contribution in [0.3, 0.4) is 0 Å². The summed E-state index contributed by atoms with van der Waals surface area (Å²) >= 11 is 3.33. The number of amides is 1. The zero-order valence-electron chi connectivity index (χ0n) is 10.3. The van der Waals surface area contributed by atoms with E-state index in [-0.39, 0.29) is 5.91 Å². The first-order valence-electron chi connectivity index (χ1n) is 6.14. The van der Waals surface area contributed by atoms with Gasteiger partial charge in [-0.25, -0.2) is 9.50 Å². The van der Waals surface area contributed by atoms with Crippen LogP contribution in [0.25, 0.3) is 16.9 Å². The van der Waals surface area contributed by atoms with Crippen LogP contribution in [0.1, 0.15) is 5.56 Å². The molecule has 1 amide bonds. The van der Waals surface area contributed by atoms with E-state index in [1.165, 1.54) is 0 Å². The SMILES string of the molecule is O=C1Cc2cc(-c3ccc4nc(Br)cn4n3)ccc2N1. The van der Waals surface area contributed by atoms with Gasteiger partial charge in [0.15, 0.2) is 5.65 Å². The van der Waals surface area contributed by atoms with Gasteiger partial charge in [0, 0.05) is 11.3 Å². The van der Waals surface area contributed by atoms with Gasteiger partial charge in [-0.15, -0.1) is 0 Å². The molecule has 5 nitrogen and oxygen atoms in total. The maximum Gasteiger partial charge on any atom is 0.228 e. The molecule has 3 heterocycles. The third-order valence-electron chi connectivity index (χ3n) is 3.32. The molecule has 0 spiro atoms. The number of fused-ring (bicyclic) bond motifs is 2. The highest BCUT2D eigenvalue weighted by Gasteiger charge is 2.18. The highest BCUT2D eigenvalue weighted by Crippen LogP contribution is 2.28. The Morgan fingerprint density at radius 1 is 1.25 bits per heavy atom. The maximum absolute atomic E-state index is 11.4. The summed E-state index contributed by atoms with van der Waals surface area (Å²) in [4.78, 5) is 15.7. The first-order chi connectivity index (χ1) is 9.69. The molecule has 1 aliphatic rings. The summed E-state index contributed by atoms with van der Waals surface area (Å²) in [5.74, 6) is 0.0408. The number of rotatable bonds is 1. The molecule has 0 saturated heterocycles. The molecule has 1 aromatic carbocycles. The Balaban J connectivity index is 1.82. The monoisotopic (exact) mass is 328 g/mol. The van der Waals surface area contributed by atoms with Gasteiger partial charge in [0.2, 0.25) is 5.91 Å². The molecular formula is C14H9BrN4O. The maximum atomic E-state index is 11.4. The molecule has 0 atom stereocenters. The van der Waals surface area contributed by atoms with Crippen LogP contribution in [-0.4, -0.2) is 20.5 Å². The lowest BCUT2D eigenvalue weighted by Gasteiger charge is -2.04. The fourth-order valence-electron chi connectivity index (χ4n) is 2.40. The Labute approximate surface area is 122 Å². The molecule has 0 saturated carbocycles. The summed E-state index contributed by atoms with van der Waals surface area (Å²) in [6.07, 6.45) is 2.25. The van der Waals surface area contributed by atoms with E-state index < -0.39 is 0 Å². The van der Waals surface area contributed by atoms with Crippen molar-refractivity contribution in [3.63, 3.8) is 0 Å². The van der Waals surface area contributed by atoms with Crippen molar-refractivity contribution in [3.8, 4) is 11.3 Å². The number of carbonyl (C=O) groups is 1. The van der Waals surface area contributed by atoms with E-state index in [4.69, 9.17) is 0 Å². The largest absolute Gasteiger partial charge is 0.326 e. The van der Waals surface area contributed by atoms with Crippen LogP contribution < -0.4 is 5.32 Å². The second-order valence-electron chi connectivity index (χ2n) is 4.68. The second kappa shape index (κ2) is 4.14. The summed E-state index contributed by atoms with van der Waals surface area (Å²) in [5.41, 5.74) is 4.54. The number of anilines is 1. The molecule has 98 valence electrons. The van der Waals surface area contributed by atoms with Crippen molar-refractivity contribution in [1.82, 2.24) is 14.6 Å². The minimum atomic E-state index is 0.0408. The molecule has 4 rings (SSSR count). The highest BCUT2D eigenvalue weighted by atomic mass is 79.9. The Morgan fingerprint density at radius 3 is 3.05 bits per heavy atom. The number of benzene rings is 1. The number of halogens is 1. The first kappa shape index (κ1) is 11.6. The highest BCUT2D eigenvalue weighted by molar-refractivity contribution is 9.10. The molecule has 1 aliphatic heterocycles. The predicted molar refractivity (Wildman–Crippen MR) is 78.5 cm³/mol. The molecule has 3 aromatic rings. The molecule has 2 aromatic heterocycles. The number of hydrogen-bond donors (Lipinski definition) is 1. The van der Waals surface area contributed by atoms with Crippen molar-refractivity contribution < 1.29 is 4.79 Å². The lowest BCUT2D eigenvalue weighted by atomic mass is 10.1. The molecule has 6 heteroatoms. The van der Waals surface area contributed by atoms with Crippen molar-refractivity contribution in [1.29, 1.82) is 0 Å². The minimum absolute atomic E-state index is 0.0408. The quantitative estimate of drug-likeness (QED) is 0.747. The van der Waals surface area contributed by atoms with Crippen LogP contribution in [0.4, 0.5) is 5.69 Å². The van der Waals surface area contributed by atoms with E-state index in [9.17, 15) is 4.79 Å². The number of nitrogens with one attached hydrogen (secondary N) is 1. The summed E-state index contributed by atoms with van der Waals surface area (Å²) in [6, 6.07) is 9.74. The number of imidazole rings is 1. The van der Waals surface area contributed by atoms with Gasteiger partial charge in [-0.1, -0.05) is 6.07 Å². The van der Waals surface area contributed by atoms with Gasteiger partial charge in [-0.3, -0.25) is 4.79 Å². The van der Waals surface area contributed by atoms with Crippen molar-refractivity contribution in [3.05, 3.63) is 46.7 Å². The van der Waals surface area contributed by atoms with Gasteiger partial charge in [-0.05, 0) is 45.8 Å². The topological polar surface area (TPSA) is 59.3 Å². The number of aromatic nitrogens is 3. The zero-order valence-corrected chi connectivity index (χ0v) is 11.9.